The average molecular weight is 343 g/mol. The minimum Gasteiger partial charge on any atom is -0.360 e. The number of aromatic nitrogens is 1. The van der Waals surface area contributed by atoms with Crippen molar-refractivity contribution in [2.45, 2.75) is 46.6 Å². The van der Waals surface area contributed by atoms with Crippen molar-refractivity contribution in [1.82, 2.24) is 10.1 Å². The summed E-state index contributed by atoms with van der Waals surface area (Å²) in [7, 11) is 0. The van der Waals surface area contributed by atoms with Gasteiger partial charge in [-0.15, -0.1) is 0 Å². The standard InChI is InChI=1S/C19H25N3O3/c1-5-13(3)22(12-18(23)20-17-11-14(4)25-21-17)19(24)16-9-7-15(6-2)8-10-16/h7-11,13H,5-6,12H2,1-4H3,(H,20,21,23)/t13-/m1/s1. The lowest BCUT2D eigenvalue weighted by atomic mass is 10.1. The quantitative estimate of drug-likeness (QED) is 0.836. The number of amides is 2. The molecule has 0 spiro atoms. The molecule has 1 aromatic carbocycles. The minimum absolute atomic E-state index is 0.0325. The molecule has 134 valence electrons. The molecule has 25 heavy (non-hydrogen) atoms. The van der Waals surface area contributed by atoms with Crippen LogP contribution in [-0.2, 0) is 11.2 Å². The monoisotopic (exact) mass is 343 g/mol. The number of carbonyl (C=O) groups excluding carboxylic acids is 2. The summed E-state index contributed by atoms with van der Waals surface area (Å²) in [5, 5.41) is 6.40. The van der Waals surface area contributed by atoms with Crippen LogP contribution in [-0.4, -0.2) is 34.5 Å². The van der Waals surface area contributed by atoms with Gasteiger partial charge in [-0.1, -0.05) is 31.1 Å². The number of benzene rings is 1. The molecule has 2 rings (SSSR count). The zero-order chi connectivity index (χ0) is 18.4. The summed E-state index contributed by atoms with van der Waals surface area (Å²) in [6.45, 7) is 7.71. The van der Waals surface area contributed by atoms with Gasteiger partial charge in [-0.2, -0.15) is 0 Å². The molecule has 0 aliphatic heterocycles. The lowest BCUT2D eigenvalue weighted by molar-refractivity contribution is -0.117. The van der Waals surface area contributed by atoms with E-state index in [1.54, 1.807) is 17.9 Å². The molecule has 2 amide bonds. The Kier molecular flexibility index (Phi) is 6.33. The SMILES string of the molecule is CCc1ccc(C(=O)N(CC(=O)Nc2cc(C)on2)[C@H](C)CC)cc1. The van der Waals surface area contributed by atoms with Crippen LogP contribution in [0.4, 0.5) is 5.82 Å². The first-order valence-corrected chi connectivity index (χ1v) is 8.57. The second kappa shape index (κ2) is 8.46. The van der Waals surface area contributed by atoms with Crippen LogP contribution in [0.5, 0.6) is 0 Å². The molecule has 1 N–H and O–H groups in total. The fourth-order valence-electron chi connectivity index (χ4n) is 2.46. The molecular weight excluding hydrogens is 318 g/mol. The highest BCUT2D eigenvalue weighted by atomic mass is 16.5. The summed E-state index contributed by atoms with van der Waals surface area (Å²) < 4.78 is 4.93. The Balaban J connectivity index is 2.11. The van der Waals surface area contributed by atoms with Crippen LogP contribution in [0.15, 0.2) is 34.9 Å². The van der Waals surface area contributed by atoms with Crippen molar-refractivity contribution >= 4 is 17.6 Å². The van der Waals surface area contributed by atoms with Crippen LogP contribution < -0.4 is 5.32 Å². The van der Waals surface area contributed by atoms with Gasteiger partial charge in [-0.25, -0.2) is 0 Å². The fraction of sp³-hybridized carbons (Fsp3) is 0.421. The van der Waals surface area contributed by atoms with E-state index in [2.05, 4.69) is 17.4 Å². The van der Waals surface area contributed by atoms with Crippen molar-refractivity contribution in [3.05, 3.63) is 47.2 Å². The second-order valence-electron chi connectivity index (χ2n) is 6.11. The van der Waals surface area contributed by atoms with Crippen molar-refractivity contribution in [3.8, 4) is 0 Å². The highest BCUT2D eigenvalue weighted by Crippen LogP contribution is 2.13. The Bertz CT molecular complexity index is 722. The molecule has 0 saturated carbocycles. The number of nitrogens with one attached hydrogen (secondary N) is 1. The number of hydrogen-bond acceptors (Lipinski definition) is 4. The molecule has 0 aliphatic rings. The number of hydrogen-bond donors (Lipinski definition) is 1. The van der Waals surface area contributed by atoms with Crippen molar-refractivity contribution in [1.29, 1.82) is 0 Å². The molecule has 2 aromatic rings. The van der Waals surface area contributed by atoms with Crippen LogP contribution in [0, 0.1) is 6.92 Å². The molecule has 0 unspecified atom stereocenters. The molecule has 1 heterocycles. The lowest BCUT2D eigenvalue weighted by Crippen LogP contribution is -2.43. The van der Waals surface area contributed by atoms with Crippen molar-refractivity contribution in [2.75, 3.05) is 11.9 Å². The summed E-state index contributed by atoms with van der Waals surface area (Å²) >= 11 is 0. The summed E-state index contributed by atoms with van der Waals surface area (Å²) in [5.41, 5.74) is 1.76. The maximum absolute atomic E-state index is 12.8. The maximum Gasteiger partial charge on any atom is 0.254 e. The van der Waals surface area contributed by atoms with E-state index in [-0.39, 0.29) is 24.4 Å². The second-order valence-corrected chi connectivity index (χ2v) is 6.11. The zero-order valence-corrected chi connectivity index (χ0v) is 15.2. The van der Waals surface area contributed by atoms with Crippen LogP contribution in [0.1, 0.15) is 48.9 Å². The Morgan fingerprint density at radius 3 is 2.44 bits per heavy atom. The predicted molar refractivity (Wildman–Crippen MR) is 96.5 cm³/mol. The van der Waals surface area contributed by atoms with Crippen LogP contribution in [0.2, 0.25) is 0 Å². The van der Waals surface area contributed by atoms with Gasteiger partial charge in [0, 0.05) is 17.7 Å². The minimum atomic E-state index is -0.299. The third kappa shape index (κ3) is 4.92. The molecule has 0 saturated heterocycles. The van der Waals surface area contributed by atoms with E-state index in [9.17, 15) is 9.59 Å². The third-order valence-electron chi connectivity index (χ3n) is 4.20. The first-order chi connectivity index (χ1) is 11.9. The molecule has 6 heteroatoms. The number of rotatable bonds is 7. The van der Waals surface area contributed by atoms with E-state index in [4.69, 9.17) is 4.52 Å². The van der Waals surface area contributed by atoms with Gasteiger partial charge < -0.3 is 14.7 Å². The largest absolute Gasteiger partial charge is 0.360 e. The lowest BCUT2D eigenvalue weighted by Gasteiger charge is -2.28. The van der Waals surface area contributed by atoms with Gasteiger partial charge in [-0.05, 0) is 44.4 Å². The first-order valence-electron chi connectivity index (χ1n) is 8.57. The molecule has 0 fully saturated rings. The number of aryl methyl sites for hydroxylation is 2. The Hall–Kier alpha value is -2.63. The molecule has 0 aliphatic carbocycles. The van der Waals surface area contributed by atoms with Gasteiger partial charge in [0.1, 0.15) is 12.3 Å². The zero-order valence-electron chi connectivity index (χ0n) is 15.2. The highest BCUT2D eigenvalue weighted by molar-refractivity contribution is 5.99. The Labute approximate surface area is 148 Å². The molecule has 6 nitrogen and oxygen atoms in total. The Morgan fingerprint density at radius 1 is 1.24 bits per heavy atom. The molecule has 0 radical (unpaired) electrons. The Morgan fingerprint density at radius 2 is 1.92 bits per heavy atom. The summed E-state index contributed by atoms with van der Waals surface area (Å²) in [4.78, 5) is 26.7. The van der Waals surface area contributed by atoms with Crippen LogP contribution >= 0.6 is 0 Å². The predicted octanol–water partition coefficient (Wildman–Crippen LogP) is 3.42. The molecule has 1 atom stereocenters. The van der Waals surface area contributed by atoms with Crippen molar-refractivity contribution in [3.63, 3.8) is 0 Å². The normalized spacial score (nSPS) is 11.8. The fourth-order valence-corrected chi connectivity index (χ4v) is 2.46. The van der Waals surface area contributed by atoms with Gasteiger partial charge in [0.25, 0.3) is 5.91 Å². The van der Waals surface area contributed by atoms with E-state index in [1.165, 1.54) is 5.56 Å². The average Bonchev–Trinajstić information content (AvgIpc) is 3.03. The van der Waals surface area contributed by atoms with E-state index >= 15 is 0 Å². The van der Waals surface area contributed by atoms with E-state index < -0.39 is 0 Å². The highest BCUT2D eigenvalue weighted by Gasteiger charge is 2.23. The van der Waals surface area contributed by atoms with Gasteiger partial charge in [-0.3, -0.25) is 9.59 Å². The van der Waals surface area contributed by atoms with Crippen molar-refractivity contribution < 1.29 is 14.1 Å². The topological polar surface area (TPSA) is 75.4 Å². The van der Waals surface area contributed by atoms with Gasteiger partial charge >= 0.3 is 0 Å². The number of nitrogens with zero attached hydrogens (tertiary/aromatic N) is 2. The summed E-state index contributed by atoms with van der Waals surface area (Å²) in [6.07, 6.45) is 1.68. The van der Waals surface area contributed by atoms with Gasteiger partial charge in [0.2, 0.25) is 5.91 Å². The van der Waals surface area contributed by atoms with E-state index in [1.807, 2.05) is 38.1 Å². The third-order valence-corrected chi connectivity index (χ3v) is 4.20. The van der Waals surface area contributed by atoms with E-state index in [0.29, 0.717) is 17.1 Å². The summed E-state index contributed by atoms with van der Waals surface area (Å²) in [6, 6.07) is 9.10. The van der Waals surface area contributed by atoms with E-state index in [0.717, 1.165) is 12.8 Å². The molecule has 1 aromatic heterocycles. The molecular formula is C19H25N3O3. The number of anilines is 1. The van der Waals surface area contributed by atoms with Crippen molar-refractivity contribution in [2.24, 2.45) is 0 Å². The smallest absolute Gasteiger partial charge is 0.254 e. The van der Waals surface area contributed by atoms with Crippen LogP contribution in [0.25, 0.3) is 0 Å². The number of carbonyl (C=O) groups is 2. The first kappa shape index (κ1) is 18.7. The van der Waals surface area contributed by atoms with Crippen LogP contribution in [0.3, 0.4) is 0 Å². The molecule has 0 bridgehead atoms. The van der Waals surface area contributed by atoms with Gasteiger partial charge in [0.15, 0.2) is 5.82 Å². The summed E-state index contributed by atoms with van der Waals surface area (Å²) in [5.74, 6) is 0.517. The van der Waals surface area contributed by atoms with Gasteiger partial charge in [0.05, 0.1) is 0 Å². The maximum atomic E-state index is 12.8.